The number of rotatable bonds is 3. The predicted octanol–water partition coefficient (Wildman–Crippen LogP) is 2.67. The van der Waals surface area contributed by atoms with Crippen LogP contribution in [0.4, 0.5) is 4.79 Å². The smallest absolute Gasteiger partial charge is 0.403 e. The molecule has 0 bridgehead atoms. The van der Waals surface area contributed by atoms with Gasteiger partial charge in [0.2, 0.25) is 0 Å². The van der Waals surface area contributed by atoms with Crippen molar-refractivity contribution in [2.45, 2.75) is 6.42 Å². The van der Waals surface area contributed by atoms with Crippen molar-refractivity contribution >= 4 is 28.4 Å². The minimum Gasteiger partial charge on any atom is -0.453 e. The van der Waals surface area contributed by atoms with Crippen LogP contribution in [0.2, 0.25) is 0 Å². The highest BCUT2D eigenvalue weighted by Crippen LogP contribution is 2.06. The van der Waals surface area contributed by atoms with Gasteiger partial charge in [0.1, 0.15) is 0 Å². The molecule has 1 aromatic heterocycles. The summed E-state index contributed by atoms with van der Waals surface area (Å²) in [4.78, 5) is 10.1. The zero-order chi connectivity index (χ0) is 8.10. The van der Waals surface area contributed by atoms with Crippen molar-refractivity contribution in [3.05, 3.63) is 22.4 Å². The Labute approximate surface area is 73.7 Å². The zero-order valence-corrected chi connectivity index (χ0v) is 7.32. The SMILES string of the molecule is O=C(Cl)OCCc1ccsc1. The maximum atomic E-state index is 10.1. The molecule has 0 spiro atoms. The summed E-state index contributed by atoms with van der Waals surface area (Å²) in [6.07, 6.45) is 0.738. The van der Waals surface area contributed by atoms with Crippen molar-refractivity contribution < 1.29 is 9.53 Å². The zero-order valence-electron chi connectivity index (χ0n) is 5.75. The van der Waals surface area contributed by atoms with Gasteiger partial charge in [0, 0.05) is 18.0 Å². The number of hydrogen-bond acceptors (Lipinski definition) is 3. The molecule has 2 nitrogen and oxygen atoms in total. The molecule has 1 rings (SSSR count). The van der Waals surface area contributed by atoms with E-state index >= 15 is 0 Å². The van der Waals surface area contributed by atoms with Crippen molar-refractivity contribution in [3.63, 3.8) is 0 Å². The van der Waals surface area contributed by atoms with E-state index in [2.05, 4.69) is 4.74 Å². The maximum Gasteiger partial charge on any atom is 0.403 e. The van der Waals surface area contributed by atoms with Gasteiger partial charge in [0.05, 0.1) is 6.61 Å². The predicted molar refractivity (Wildman–Crippen MR) is 45.2 cm³/mol. The molecule has 0 aliphatic carbocycles. The molecule has 0 saturated heterocycles. The van der Waals surface area contributed by atoms with Crippen LogP contribution in [-0.4, -0.2) is 12.0 Å². The van der Waals surface area contributed by atoms with Gasteiger partial charge in [0.15, 0.2) is 0 Å². The summed E-state index contributed by atoms with van der Waals surface area (Å²) in [5.41, 5.74) is 0.438. The van der Waals surface area contributed by atoms with Crippen LogP contribution in [0.1, 0.15) is 5.56 Å². The number of carbonyl (C=O) groups is 1. The van der Waals surface area contributed by atoms with E-state index in [0.717, 1.165) is 6.42 Å². The van der Waals surface area contributed by atoms with Gasteiger partial charge in [-0.15, -0.1) is 0 Å². The average molecular weight is 191 g/mol. The lowest BCUT2D eigenvalue weighted by molar-refractivity contribution is 0.175. The Morgan fingerprint density at radius 1 is 1.73 bits per heavy atom. The Kier molecular flexibility index (Phi) is 3.39. The molecule has 0 aliphatic heterocycles. The van der Waals surface area contributed by atoms with Gasteiger partial charge in [-0.25, -0.2) is 4.79 Å². The lowest BCUT2D eigenvalue weighted by atomic mass is 10.3. The lowest BCUT2D eigenvalue weighted by Gasteiger charge is -1.96. The molecule has 0 N–H and O–H groups in total. The van der Waals surface area contributed by atoms with Crippen molar-refractivity contribution in [3.8, 4) is 0 Å². The van der Waals surface area contributed by atoms with E-state index in [1.165, 1.54) is 5.56 Å². The fraction of sp³-hybridized carbons (Fsp3) is 0.286. The van der Waals surface area contributed by atoms with Crippen molar-refractivity contribution in [1.82, 2.24) is 0 Å². The molecule has 0 saturated carbocycles. The van der Waals surface area contributed by atoms with Gasteiger partial charge >= 0.3 is 5.43 Å². The van der Waals surface area contributed by atoms with E-state index in [-0.39, 0.29) is 0 Å². The number of hydrogen-bond donors (Lipinski definition) is 0. The number of carbonyl (C=O) groups excluding carboxylic acids is 1. The van der Waals surface area contributed by atoms with Crippen LogP contribution >= 0.6 is 22.9 Å². The summed E-state index contributed by atoms with van der Waals surface area (Å²) in [5.74, 6) is 0. The van der Waals surface area contributed by atoms with E-state index < -0.39 is 5.43 Å². The third kappa shape index (κ3) is 3.39. The standard InChI is InChI=1S/C7H7ClO2S/c8-7(9)10-3-1-6-2-4-11-5-6/h2,4-5H,1,3H2. The highest BCUT2D eigenvalue weighted by atomic mass is 35.5. The van der Waals surface area contributed by atoms with Crippen molar-refractivity contribution in [2.24, 2.45) is 0 Å². The molecule has 0 amide bonds. The third-order valence-corrected chi connectivity index (χ3v) is 2.03. The van der Waals surface area contributed by atoms with Crippen LogP contribution in [-0.2, 0) is 11.2 Å². The second kappa shape index (κ2) is 4.36. The summed E-state index contributed by atoms with van der Waals surface area (Å²) in [6, 6.07) is 1.99. The molecule has 0 aliphatic rings. The summed E-state index contributed by atoms with van der Waals surface area (Å²) in [5, 5.41) is 4.00. The minimum atomic E-state index is -0.736. The van der Waals surface area contributed by atoms with Crippen LogP contribution in [0, 0.1) is 0 Å². The fourth-order valence-corrected chi connectivity index (χ4v) is 1.46. The minimum absolute atomic E-state index is 0.360. The molecule has 0 unspecified atom stereocenters. The molecule has 0 fully saturated rings. The third-order valence-electron chi connectivity index (χ3n) is 1.19. The first kappa shape index (κ1) is 8.56. The first-order valence-electron chi connectivity index (χ1n) is 3.12. The molecule has 60 valence electrons. The van der Waals surface area contributed by atoms with E-state index in [1.54, 1.807) is 11.3 Å². The van der Waals surface area contributed by atoms with E-state index in [0.29, 0.717) is 6.61 Å². The highest BCUT2D eigenvalue weighted by Gasteiger charge is 1.96. The molecular weight excluding hydrogens is 184 g/mol. The Balaban J connectivity index is 2.19. The Morgan fingerprint density at radius 3 is 3.09 bits per heavy atom. The van der Waals surface area contributed by atoms with Crippen LogP contribution in [0.3, 0.4) is 0 Å². The van der Waals surface area contributed by atoms with Gasteiger partial charge in [-0.3, -0.25) is 0 Å². The lowest BCUT2D eigenvalue weighted by Crippen LogP contribution is -1.98. The Morgan fingerprint density at radius 2 is 2.55 bits per heavy atom. The molecule has 0 atom stereocenters. The second-order valence-electron chi connectivity index (χ2n) is 1.97. The van der Waals surface area contributed by atoms with E-state index in [4.69, 9.17) is 11.6 Å². The first-order valence-corrected chi connectivity index (χ1v) is 4.44. The number of thiophene rings is 1. The number of halogens is 1. The summed E-state index contributed by atoms with van der Waals surface area (Å²) in [6.45, 7) is 0.360. The van der Waals surface area contributed by atoms with Gasteiger partial charge in [-0.2, -0.15) is 11.3 Å². The summed E-state index contributed by atoms with van der Waals surface area (Å²) >= 11 is 6.58. The summed E-state index contributed by atoms with van der Waals surface area (Å²) < 4.78 is 4.55. The first-order chi connectivity index (χ1) is 5.29. The monoisotopic (exact) mass is 190 g/mol. The molecular formula is C7H7ClO2S. The van der Waals surface area contributed by atoms with Crippen LogP contribution in [0.5, 0.6) is 0 Å². The molecule has 1 aromatic rings. The molecule has 0 radical (unpaired) electrons. The average Bonchev–Trinajstić information content (AvgIpc) is 2.39. The van der Waals surface area contributed by atoms with Gasteiger partial charge in [-0.1, -0.05) is 0 Å². The Bertz CT molecular complexity index is 220. The topological polar surface area (TPSA) is 26.3 Å². The largest absolute Gasteiger partial charge is 0.453 e. The normalized spacial score (nSPS) is 9.55. The van der Waals surface area contributed by atoms with E-state index in [1.807, 2.05) is 16.8 Å². The molecule has 0 aromatic carbocycles. The van der Waals surface area contributed by atoms with Crippen molar-refractivity contribution in [1.29, 1.82) is 0 Å². The van der Waals surface area contributed by atoms with Gasteiger partial charge in [-0.05, 0) is 22.4 Å². The van der Waals surface area contributed by atoms with E-state index in [9.17, 15) is 4.79 Å². The quantitative estimate of drug-likeness (QED) is 0.685. The van der Waals surface area contributed by atoms with Crippen LogP contribution in [0.15, 0.2) is 16.8 Å². The number of ether oxygens (including phenoxy) is 1. The highest BCUT2D eigenvalue weighted by molar-refractivity contribution is 7.07. The summed E-state index contributed by atoms with van der Waals surface area (Å²) in [7, 11) is 0. The van der Waals surface area contributed by atoms with Crippen LogP contribution in [0.25, 0.3) is 0 Å². The fourth-order valence-electron chi connectivity index (χ4n) is 0.684. The van der Waals surface area contributed by atoms with Gasteiger partial charge < -0.3 is 4.74 Å². The maximum absolute atomic E-state index is 10.1. The second-order valence-corrected chi connectivity index (χ2v) is 3.06. The molecule has 4 heteroatoms. The van der Waals surface area contributed by atoms with Gasteiger partial charge in [0.25, 0.3) is 0 Å². The van der Waals surface area contributed by atoms with Crippen LogP contribution < -0.4 is 0 Å². The van der Waals surface area contributed by atoms with Crippen molar-refractivity contribution in [2.75, 3.05) is 6.61 Å². The Hall–Kier alpha value is -0.540. The molecule has 1 heterocycles. The molecule has 11 heavy (non-hydrogen) atoms.